The first kappa shape index (κ1) is 12.9. The van der Waals surface area contributed by atoms with E-state index in [1.165, 1.54) is 0 Å². The molecule has 1 aromatic carbocycles. The van der Waals surface area contributed by atoms with Gasteiger partial charge in [0.2, 0.25) is 5.91 Å². The molecular formula is C14H16N4O. The fourth-order valence-electron chi connectivity index (χ4n) is 1.93. The molecule has 1 amide bonds. The van der Waals surface area contributed by atoms with Gasteiger partial charge in [0.05, 0.1) is 17.6 Å². The van der Waals surface area contributed by atoms with Crippen LogP contribution in [0.2, 0.25) is 0 Å². The molecule has 1 aromatic heterocycles. The number of rotatable bonds is 4. The number of anilines is 2. The van der Waals surface area contributed by atoms with E-state index in [4.69, 9.17) is 11.5 Å². The van der Waals surface area contributed by atoms with Crippen molar-refractivity contribution >= 4 is 17.3 Å². The molecule has 5 nitrogen and oxygen atoms in total. The molecule has 4 N–H and O–H groups in total. The summed E-state index contributed by atoms with van der Waals surface area (Å²) in [5.41, 5.74) is 14.2. The largest absolute Gasteiger partial charge is 0.396 e. The molecule has 0 aliphatic rings. The zero-order valence-corrected chi connectivity index (χ0v) is 10.7. The Labute approximate surface area is 111 Å². The molecule has 2 aromatic rings. The molecule has 0 saturated carbocycles. The molecule has 5 heteroatoms. The summed E-state index contributed by atoms with van der Waals surface area (Å²) in [6.07, 6.45) is 3.31. The molecule has 0 unspecified atom stereocenters. The van der Waals surface area contributed by atoms with Gasteiger partial charge in [-0.25, -0.2) is 0 Å². The highest BCUT2D eigenvalue weighted by Gasteiger charge is 2.07. The summed E-state index contributed by atoms with van der Waals surface area (Å²) < 4.78 is 0. The molecule has 0 aliphatic carbocycles. The van der Waals surface area contributed by atoms with Crippen LogP contribution in [0.25, 0.3) is 0 Å². The maximum Gasteiger partial charge on any atom is 0.248 e. The predicted molar refractivity (Wildman–Crippen MR) is 75.7 cm³/mol. The summed E-state index contributed by atoms with van der Waals surface area (Å²) in [5, 5.41) is 0. The summed E-state index contributed by atoms with van der Waals surface area (Å²) in [6.45, 7) is 0.634. The Balaban J connectivity index is 2.19. The first-order valence-corrected chi connectivity index (χ1v) is 5.87. The summed E-state index contributed by atoms with van der Waals surface area (Å²) in [5.74, 6) is -0.423. The highest BCUT2D eigenvalue weighted by atomic mass is 16.1. The molecule has 1 heterocycles. The fourth-order valence-corrected chi connectivity index (χ4v) is 1.93. The molecule has 0 saturated heterocycles. The Morgan fingerprint density at radius 1 is 1.37 bits per heavy atom. The minimum Gasteiger partial charge on any atom is -0.396 e. The third-order valence-corrected chi connectivity index (χ3v) is 2.87. The van der Waals surface area contributed by atoms with E-state index in [2.05, 4.69) is 4.98 Å². The smallest absolute Gasteiger partial charge is 0.248 e. The minimum atomic E-state index is -0.423. The Hall–Kier alpha value is -2.56. The Kier molecular flexibility index (Phi) is 3.66. The van der Waals surface area contributed by atoms with Gasteiger partial charge in [-0.1, -0.05) is 12.1 Å². The first-order valence-electron chi connectivity index (χ1n) is 5.87. The maximum absolute atomic E-state index is 11.1. The van der Waals surface area contributed by atoms with Crippen LogP contribution in [0.15, 0.2) is 42.7 Å². The van der Waals surface area contributed by atoms with Crippen LogP contribution >= 0.6 is 0 Å². The summed E-state index contributed by atoms with van der Waals surface area (Å²) in [6, 6.07) is 9.11. The lowest BCUT2D eigenvalue weighted by molar-refractivity contribution is 0.1000. The monoisotopic (exact) mass is 256 g/mol. The Morgan fingerprint density at radius 2 is 2.16 bits per heavy atom. The third-order valence-electron chi connectivity index (χ3n) is 2.87. The van der Waals surface area contributed by atoms with Crippen LogP contribution in [0.1, 0.15) is 15.9 Å². The number of nitrogens with zero attached hydrogens (tertiary/aromatic N) is 2. The number of nitrogens with two attached hydrogens (primary N) is 2. The van der Waals surface area contributed by atoms with E-state index in [9.17, 15) is 4.79 Å². The second kappa shape index (κ2) is 5.39. The van der Waals surface area contributed by atoms with Crippen molar-refractivity contribution in [1.82, 2.24) is 4.98 Å². The first-order chi connectivity index (χ1) is 9.08. The normalized spacial score (nSPS) is 10.2. The fraction of sp³-hybridized carbons (Fsp3) is 0.143. The number of benzene rings is 1. The van der Waals surface area contributed by atoms with Crippen LogP contribution in [-0.4, -0.2) is 17.9 Å². The number of carbonyl (C=O) groups excluding carboxylic acids is 1. The number of aromatic nitrogens is 1. The van der Waals surface area contributed by atoms with Crippen LogP contribution in [0.5, 0.6) is 0 Å². The van der Waals surface area contributed by atoms with Crippen molar-refractivity contribution in [1.29, 1.82) is 0 Å². The van der Waals surface area contributed by atoms with Gasteiger partial charge < -0.3 is 16.4 Å². The predicted octanol–water partition coefficient (Wildman–Crippen LogP) is 1.40. The van der Waals surface area contributed by atoms with E-state index in [1.54, 1.807) is 24.5 Å². The molecular weight excluding hydrogens is 240 g/mol. The molecule has 0 radical (unpaired) electrons. The number of carbonyl (C=O) groups is 1. The molecule has 98 valence electrons. The molecule has 0 bridgehead atoms. The average Bonchev–Trinajstić information content (AvgIpc) is 2.39. The SMILES string of the molecule is CN(Cc1cccc(C(N)=O)c1)c1ccncc1N. The van der Waals surface area contributed by atoms with Gasteiger partial charge in [-0.05, 0) is 23.8 Å². The highest BCUT2D eigenvalue weighted by molar-refractivity contribution is 5.92. The van der Waals surface area contributed by atoms with Gasteiger partial charge in [0.15, 0.2) is 0 Å². The van der Waals surface area contributed by atoms with E-state index in [0.29, 0.717) is 17.8 Å². The third kappa shape index (κ3) is 3.01. The average molecular weight is 256 g/mol. The molecule has 2 rings (SSSR count). The Bertz CT molecular complexity index is 598. The minimum absolute atomic E-state index is 0.423. The number of pyridine rings is 1. The van der Waals surface area contributed by atoms with Gasteiger partial charge >= 0.3 is 0 Å². The van der Waals surface area contributed by atoms with Crippen LogP contribution in [0.4, 0.5) is 11.4 Å². The number of primary amides is 1. The van der Waals surface area contributed by atoms with Crippen molar-refractivity contribution in [2.45, 2.75) is 6.54 Å². The second-order valence-corrected chi connectivity index (χ2v) is 4.36. The lowest BCUT2D eigenvalue weighted by Crippen LogP contribution is -2.18. The molecule has 0 spiro atoms. The van der Waals surface area contributed by atoms with E-state index >= 15 is 0 Å². The number of nitrogen functional groups attached to an aromatic ring is 1. The maximum atomic E-state index is 11.1. The van der Waals surface area contributed by atoms with Gasteiger partial charge in [-0.2, -0.15) is 0 Å². The topological polar surface area (TPSA) is 85.2 Å². The number of amides is 1. The zero-order valence-electron chi connectivity index (χ0n) is 10.7. The van der Waals surface area contributed by atoms with Gasteiger partial charge in [-0.15, -0.1) is 0 Å². The van der Waals surface area contributed by atoms with Gasteiger partial charge in [0.1, 0.15) is 0 Å². The van der Waals surface area contributed by atoms with Crippen LogP contribution in [0, 0.1) is 0 Å². The number of hydrogen-bond donors (Lipinski definition) is 2. The van der Waals surface area contributed by atoms with Crippen molar-refractivity contribution < 1.29 is 4.79 Å². The van der Waals surface area contributed by atoms with E-state index < -0.39 is 5.91 Å². The van der Waals surface area contributed by atoms with Crippen molar-refractivity contribution in [2.24, 2.45) is 5.73 Å². The zero-order chi connectivity index (χ0) is 13.8. The van der Waals surface area contributed by atoms with Gasteiger partial charge in [-0.3, -0.25) is 9.78 Å². The quantitative estimate of drug-likeness (QED) is 0.865. The van der Waals surface area contributed by atoms with E-state index in [0.717, 1.165) is 11.3 Å². The lowest BCUT2D eigenvalue weighted by Gasteiger charge is -2.21. The van der Waals surface area contributed by atoms with Crippen molar-refractivity contribution in [3.05, 3.63) is 53.9 Å². The van der Waals surface area contributed by atoms with Gasteiger partial charge in [0.25, 0.3) is 0 Å². The van der Waals surface area contributed by atoms with Crippen LogP contribution in [0.3, 0.4) is 0 Å². The standard InChI is InChI=1S/C14H16N4O/c1-18(13-5-6-17-8-12(13)15)9-10-3-2-4-11(7-10)14(16)19/h2-8H,9,15H2,1H3,(H2,16,19). The van der Waals surface area contributed by atoms with Crippen molar-refractivity contribution in [2.75, 3.05) is 17.7 Å². The van der Waals surface area contributed by atoms with Crippen molar-refractivity contribution in [3.8, 4) is 0 Å². The highest BCUT2D eigenvalue weighted by Crippen LogP contribution is 2.21. The molecule has 19 heavy (non-hydrogen) atoms. The molecule has 0 atom stereocenters. The second-order valence-electron chi connectivity index (χ2n) is 4.36. The summed E-state index contributed by atoms with van der Waals surface area (Å²) in [7, 11) is 1.93. The van der Waals surface area contributed by atoms with Crippen LogP contribution in [-0.2, 0) is 6.54 Å². The van der Waals surface area contributed by atoms with Crippen molar-refractivity contribution in [3.63, 3.8) is 0 Å². The number of hydrogen-bond acceptors (Lipinski definition) is 4. The van der Waals surface area contributed by atoms with Gasteiger partial charge in [0, 0.05) is 25.4 Å². The molecule has 0 fully saturated rings. The van der Waals surface area contributed by atoms with E-state index in [-0.39, 0.29) is 0 Å². The van der Waals surface area contributed by atoms with E-state index in [1.807, 2.05) is 30.1 Å². The summed E-state index contributed by atoms with van der Waals surface area (Å²) in [4.78, 5) is 17.1. The lowest BCUT2D eigenvalue weighted by atomic mass is 10.1. The van der Waals surface area contributed by atoms with Crippen LogP contribution < -0.4 is 16.4 Å². The Morgan fingerprint density at radius 3 is 2.84 bits per heavy atom. The molecule has 0 aliphatic heterocycles. The summed E-state index contributed by atoms with van der Waals surface area (Å²) >= 11 is 0.